The molecule has 35 heavy (non-hydrogen) atoms. The Kier molecular flexibility index (Phi) is 10.4. The largest absolute Gasteiger partial charge is 0.497 e. The predicted octanol–water partition coefficient (Wildman–Crippen LogP) is 3.84. The van der Waals surface area contributed by atoms with Crippen molar-refractivity contribution < 1.29 is 22.7 Å². The number of carbonyl (C=O) groups is 2. The van der Waals surface area contributed by atoms with Gasteiger partial charge in [0.25, 0.3) is 0 Å². The number of amides is 2. The Morgan fingerprint density at radius 2 is 1.69 bits per heavy atom. The van der Waals surface area contributed by atoms with Crippen molar-refractivity contribution in [3.05, 3.63) is 59.1 Å². The summed E-state index contributed by atoms with van der Waals surface area (Å²) in [5.41, 5.74) is 1.21. The van der Waals surface area contributed by atoms with Gasteiger partial charge in [0.1, 0.15) is 11.8 Å². The fourth-order valence-corrected chi connectivity index (χ4v) is 4.71. The zero-order valence-electron chi connectivity index (χ0n) is 20.8. The quantitative estimate of drug-likeness (QED) is 0.456. The lowest BCUT2D eigenvalue weighted by molar-refractivity contribution is -0.140. The molecule has 0 heterocycles. The molecule has 8 nitrogen and oxygen atoms in total. The van der Waals surface area contributed by atoms with E-state index in [1.54, 1.807) is 43.3 Å². The highest BCUT2D eigenvalue weighted by molar-refractivity contribution is 7.92. The summed E-state index contributed by atoms with van der Waals surface area (Å²) in [5, 5.41) is 3.34. The maximum absolute atomic E-state index is 13.3. The van der Waals surface area contributed by atoms with Crippen LogP contribution in [-0.4, -0.2) is 57.1 Å². The molecular weight excluding hydrogens is 490 g/mol. The van der Waals surface area contributed by atoms with Crippen molar-refractivity contribution in [1.29, 1.82) is 0 Å². The molecule has 0 fully saturated rings. The zero-order valence-corrected chi connectivity index (χ0v) is 22.4. The topological polar surface area (TPSA) is 96.0 Å². The zero-order chi connectivity index (χ0) is 26.2. The summed E-state index contributed by atoms with van der Waals surface area (Å²) in [4.78, 5) is 27.4. The summed E-state index contributed by atoms with van der Waals surface area (Å²) in [5.74, 6) is 0.0807. The number of hydrogen-bond acceptors (Lipinski definition) is 5. The van der Waals surface area contributed by atoms with E-state index in [0.717, 1.165) is 11.8 Å². The summed E-state index contributed by atoms with van der Waals surface area (Å²) in [6.45, 7) is 5.66. The average Bonchev–Trinajstić information content (AvgIpc) is 2.79. The number of halogens is 1. The first-order valence-electron chi connectivity index (χ1n) is 11.4. The molecule has 2 aromatic rings. The number of hydrogen-bond donors (Lipinski definition) is 1. The monoisotopic (exact) mass is 523 g/mol. The minimum absolute atomic E-state index is 0.0614. The molecule has 1 atom stereocenters. The normalized spacial score (nSPS) is 12.2. The standard InChI is InChI=1S/C25H34ClN3O5S/c1-18(2)27-25(31)19(3)28(17-20-9-6-7-10-23(20)26)24(30)11-8-16-29(35(5,32)33)21-12-14-22(34-4)15-13-21/h6-7,9-10,12-15,18-19H,8,11,16-17H2,1-5H3,(H,27,31)/t19-/m0/s1. The molecule has 0 aliphatic rings. The molecule has 0 radical (unpaired) electrons. The van der Waals surface area contributed by atoms with Crippen molar-refractivity contribution in [2.75, 3.05) is 24.2 Å². The lowest BCUT2D eigenvalue weighted by Crippen LogP contribution is -2.49. The van der Waals surface area contributed by atoms with Crippen molar-refractivity contribution in [3.63, 3.8) is 0 Å². The van der Waals surface area contributed by atoms with Gasteiger partial charge in [0.15, 0.2) is 0 Å². The van der Waals surface area contributed by atoms with Gasteiger partial charge in [-0.1, -0.05) is 29.8 Å². The molecule has 2 rings (SSSR count). The van der Waals surface area contributed by atoms with Gasteiger partial charge < -0.3 is 15.0 Å². The van der Waals surface area contributed by atoms with Gasteiger partial charge in [-0.15, -0.1) is 0 Å². The molecule has 0 aliphatic heterocycles. The first-order valence-corrected chi connectivity index (χ1v) is 13.6. The number of anilines is 1. The van der Waals surface area contributed by atoms with E-state index in [1.165, 1.54) is 16.3 Å². The average molecular weight is 524 g/mol. The van der Waals surface area contributed by atoms with Gasteiger partial charge in [-0.25, -0.2) is 8.42 Å². The second kappa shape index (κ2) is 12.8. The second-order valence-electron chi connectivity index (χ2n) is 8.59. The Bertz CT molecular complexity index is 1110. The Morgan fingerprint density at radius 3 is 2.23 bits per heavy atom. The Hall–Kier alpha value is -2.78. The summed E-state index contributed by atoms with van der Waals surface area (Å²) in [6.07, 6.45) is 1.46. The number of carbonyl (C=O) groups excluding carboxylic acids is 2. The molecule has 0 bridgehead atoms. The fourth-order valence-electron chi connectivity index (χ4n) is 3.55. The van der Waals surface area contributed by atoms with Crippen LogP contribution in [-0.2, 0) is 26.2 Å². The van der Waals surface area contributed by atoms with Gasteiger partial charge in [-0.2, -0.15) is 0 Å². The van der Waals surface area contributed by atoms with Crippen LogP contribution in [0.1, 0.15) is 39.2 Å². The molecule has 0 spiro atoms. The summed E-state index contributed by atoms with van der Waals surface area (Å²) in [7, 11) is -2.03. The van der Waals surface area contributed by atoms with Crippen molar-refractivity contribution in [2.45, 2.75) is 52.2 Å². The second-order valence-corrected chi connectivity index (χ2v) is 10.9. The van der Waals surface area contributed by atoms with Crippen molar-refractivity contribution in [2.24, 2.45) is 0 Å². The summed E-state index contributed by atoms with van der Waals surface area (Å²) < 4.78 is 31.2. The molecule has 2 aromatic carbocycles. The highest BCUT2D eigenvalue weighted by atomic mass is 35.5. The summed E-state index contributed by atoms with van der Waals surface area (Å²) in [6, 6.07) is 13.0. The van der Waals surface area contributed by atoms with Crippen molar-refractivity contribution in [3.8, 4) is 5.75 Å². The van der Waals surface area contributed by atoms with Crippen LogP contribution in [0.5, 0.6) is 5.75 Å². The molecule has 0 aromatic heterocycles. The van der Waals surface area contributed by atoms with Gasteiger partial charge >= 0.3 is 0 Å². The number of rotatable bonds is 12. The van der Waals surface area contributed by atoms with Gasteiger partial charge in [0.2, 0.25) is 21.8 Å². The minimum atomic E-state index is -3.57. The molecule has 1 N–H and O–H groups in total. The SMILES string of the molecule is COc1ccc(N(CCCC(=O)N(Cc2ccccc2Cl)[C@@H](C)C(=O)NC(C)C)S(C)(=O)=O)cc1. The van der Waals surface area contributed by atoms with E-state index in [1.807, 2.05) is 26.0 Å². The van der Waals surface area contributed by atoms with Crippen LogP contribution >= 0.6 is 11.6 Å². The molecule has 0 unspecified atom stereocenters. The van der Waals surface area contributed by atoms with E-state index in [0.29, 0.717) is 16.5 Å². The molecule has 2 amide bonds. The van der Waals surface area contributed by atoms with Crippen LogP contribution in [0.2, 0.25) is 5.02 Å². The van der Waals surface area contributed by atoms with Crippen molar-refractivity contribution in [1.82, 2.24) is 10.2 Å². The van der Waals surface area contributed by atoms with Crippen molar-refractivity contribution >= 4 is 39.1 Å². The van der Waals surface area contributed by atoms with Gasteiger partial charge in [0, 0.05) is 30.6 Å². The molecule has 10 heteroatoms. The fraction of sp³-hybridized carbons (Fsp3) is 0.440. The smallest absolute Gasteiger partial charge is 0.242 e. The highest BCUT2D eigenvalue weighted by Gasteiger charge is 2.27. The number of nitrogens with one attached hydrogen (secondary N) is 1. The first kappa shape index (κ1) is 28.5. The predicted molar refractivity (Wildman–Crippen MR) is 139 cm³/mol. The van der Waals surface area contributed by atoms with Crippen LogP contribution in [0.4, 0.5) is 5.69 Å². The maximum Gasteiger partial charge on any atom is 0.242 e. The molecular formula is C25H34ClN3O5S. The third-order valence-electron chi connectivity index (χ3n) is 5.41. The molecule has 0 saturated carbocycles. The van der Waals surface area contributed by atoms with Gasteiger partial charge in [-0.05, 0) is 63.1 Å². The number of benzene rings is 2. The lowest BCUT2D eigenvalue weighted by Gasteiger charge is -2.30. The molecule has 192 valence electrons. The van der Waals surface area contributed by atoms with E-state index < -0.39 is 16.1 Å². The molecule has 0 saturated heterocycles. The van der Waals surface area contributed by atoms with Crippen LogP contribution in [0.15, 0.2) is 48.5 Å². The Morgan fingerprint density at radius 1 is 1.06 bits per heavy atom. The first-order chi connectivity index (χ1) is 16.4. The van der Waals surface area contributed by atoms with Gasteiger partial charge in [-0.3, -0.25) is 13.9 Å². The maximum atomic E-state index is 13.3. The van der Waals surface area contributed by atoms with Crippen LogP contribution < -0.4 is 14.4 Å². The highest BCUT2D eigenvalue weighted by Crippen LogP contribution is 2.23. The number of ether oxygens (including phenoxy) is 1. The van der Waals surface area contributed by atoms with E-state index >= 15 is 0 Å². The number of sulfonamides is 1. The van der Waals surface area contributed by atoms with Crippen LogP contribution in [0.25, 0.3) is 0 Å². The van der Waals surface area contributed by atoms with E-state index in [9.17, 15) is 18.0 Å². The Balaban J connectivity index is 2.17. The van der Waals surface area contributed by atoms with Crippen LogP contribution in [0, 0.1) is 0 Å². The third kappa shape index (κ3) is 8.43. The van der Waals surface area contributed by atoms with E-state index in [4.69, 9.17) is 16.3 Å². The number of methoxy groups -OCH3 is 1. The third-order valence-corrected chi connectivity index (χ3v) is 6.97. The Labute approximate surface area is 213 Å². The summed E-state index contributed by atoms with van der Waals surface area (Å²) >= 11 is 6.31. The minimum Gasteiger partial charge on any atom is -0.497 e. The van der Waals surface area contributed by atoms with Gasteiger partial charge in [0.05, 0.1) is 19.1 Å². The van der Waals surface area contributed by atoms with E-state index in [2.05, 4.69) is 5.32 Å². The lowest BCUT2D eigenvalue weighted by atomic mass is 10.1. The van der Waals surface area contributed by atoms with E-state index in [-0.39, 0.29) is 43.8 Å². The number of nitrogens with zero attached hydrogens (tertiary/aromatic N) is 2. The van der Waals surface area contributed by atoms with Crippen LogP contribution in [0.3, 0.4) is 0 Å². The molecule has 0 aliphatic carbocycles.